The molecule has 0 aromatic heterocycles. The van der Waals surface area contributed by atoms with Gasteiger partial charge in [-0.25, -0.2) is 4.79 Å². The summed E-state index contributed by atoms with van der Waals surface area (Å²) in [4.78, 5) is 26.8. The SMILES string of the molecule is CC(C)(C)c1ccc(C2(C)NC(=O)N(Cc3ccc(Cl)c(Cl)c3)C2=O)cc1. The first-order valence-corrected chi connectivity index (χ1v) is 9.47. The van der Waals surface area contributed by atoms with Crippen LogP contribution < -0.4 is 5.32 Å². The van der Waals surface area contributed by atoms with Crippen molar-refractivity contribution in [2.75, 3.05) is 0 Å². The summed E-state index contributed by atoms with van der Waals surface area (Å²) in [7, 11) is 0. The maximum atomic E-state index is 13.1. The van der Waals surface area contributed by atoms with Crippen LogP contribution in [0.15, 0.2) is 42.5 Å². The Balaban J connectivity index is 1.86. The quantitative estimate of drug-likeness (QED) is 0.709. The molecule has 0 bridgehead atoms. The van der Waals surface area contributed by atoms with Crippen molar-refractivity contribution in [3.8, 4) is 0 Å². The highest BCUT2D eigenvalue weighted by molar-refractivity contribution is 6.42. The van der Waals surface area contributed by atoms with E-state index < -0.39 is 11.6 Å². The van der Waals surface area contributed by atoms with Gasteiger partial charge in [-0.3, -0.25) is 9.69 Å². The predicted octanol–water partition coefficient (Wildman–Crippen LogP) is 5.26. The smallest absolute Gasteiger partial charge is 0.319 e. The monoisotopic (exact) mass is 404 g/mol. The number of nitrogens with one attached hydrogen (secondary N) is 1. The highest BCUT2D eigenvalue weighted by Crippen LogP contribution is 2.32. The summed E-state index contributed by atoms with van der Waals surface area (Å²) in [5, 5.41) is 3.65. The van der Waals surface area contributed by atoms with Crippen molar-refractivity contribution in [3.63, 3.8) is 0 Å². The molecule has 27 heavy (non-hydrogen) atoms. The second-order valence-electron chi connectivity index (χ2n) is 8.02. The summed E-state index contributed by atoms with van der Waals surface area (Å²) >= 11 is 12.0. The normalized spacial score (nSPS) is 20.1. The fraction of sp³-hybridized carbons (Fsp3) is 0.333. The Kier molecular flexibility index (Phi) is 5.00. The third-order valence-corrected chi connectivity index (χ3v) is 5.67. The van der Waals surface area contributed by atoms with Crippen molar-refractivity contribution in [3.05, 3.63) is 69.2 Å². The number of benzene rings is 2. The molecule has 1 unspecified atom stereocenters. The van der Waals surface area contributed by atoms with Crippen molar-refractivity contribution < 1.29 is 9.59 Å². The molecular formula is C21H22Cl2N2O2. The van der Waals surface area contributed by atoms with E-state index in [1.807, 2.05) is 24.3 Å². The van der Waals surface area contributed by atoms with E-state index in [-0.39, 0.29) is 17.9 Å². The van der Waals surface area contributed by atoms with E-state index in [1.54, 1.807) is 25.1 Å². The number of halogens is 2. The molecule has 0 radical (unpaired) electrons. The van der Waals surface area contributed by atoms with Gasteiger partial charge in [0, 0.05) is 0 Å². The van der Waals surface area contributed by atoms with E-state index in [1.165, 1.54) is 10.5 Å². The van der Waals surface area contributed by atoms with Crippen LogP contribution in [-0.2, 0) is 22.3 Å². The van der Waals surface area contributed by atoms with Crippen LogP contribution in [0.3, 0.4) is 0 Å². The second-order valence-corrected chi connectivity index (χ2v) is 8.84. The van der Waals surface area contributed by atoms with E-state index in [0.717, 1.165) is 11.1 Å². The van der Waals surface area contributed by atoms with Gasteiger partial charge in [0.25, 0.3) is 5.91 Å². The van der Waals surface area contributed by atoms with Gasteiger partial charge in [-0.2, -0.15) is 0 Å². The number of nitrogens with zero attached hydrogens (tertiary/aromatic N) is 1. The van der Waals surface area contributed by atoms with Crippen LogP contribution >= 0.6 is 23.2 Å². The average molecular weight is 405 g/mol. The topological polar surface area (TPSA) is 49.4 Å². The lowest BCUT2D eigenvalue weighted by Crippen LogP contribution is -2.40. The summed E-state index contributed by atoms with van der Waals surface area (Å²) in [6.07, 6.45) is 0. The van der Waals surface area contributed by atoms with Gasteiger partial charge in [0.2, 0.25) is 0 Å². The van der Waals surface area contributed by atoms with Crippen molar-refractivity contribution in [1.29, 1.82) is 0 Å². The molecule has 1 atom stereocenters. The van der Waals surface area contributed by atoms with E-state index in [9.17, 15) is 9.59 Å². The van der Waals surface area contributed by atoms with Crippen molar-refractivity contribution >= 4 is 35.1 Å². The van der Waals surface area contributed by atoms with Gasteiger partial charge in [-0.15, -0.1) is 0 Å². The molecule has 1 fully saturated rings. The molecule has 2 aromatic rings. The molecule has 0 aliphatic carbocycles. The van der Waals surface area contributed by atoms with Crippen molar-refractivity contribution in [2.45, 2.75) is 45.2 Å². The molecule has 2 aromatic carbocycles. The van der Waals surface area contributed by atoms with Crippen molar-refractivity contribution in [1.82, 2.24) is 10.2 Å². The lowest BCUT2D eigenvalue weighted by molar-refractivity contribution is -0.131. The molecule has 1 heterocycles. The number of carbonyl (C=O) groups is 2. The molecule has 1 aliphatic heterocycles. The zero-order valence-corrected chi connectivity index (χ0v) is 17.3. The first kappa shape index (κ1) is 19.7. The van der Waals surface area contributed by atoms with E-state index in [4.69, 9.17) is 23.2 Å². The lowest BCUT2D eigenvalue weighted by atomic mass is 9.84. The maximum absolute atomic E-state index is 13.1. The number of amides is 3. The molecule has 4 nitrogen and oxygen atoms in total. The second kappa shape index (κ2) is 6.84. The number of hydrogen-bond donors (Lipinski definition) is 1. The zero-order chi connectivity index (χ0) is 20.0. The number of rotatable bonds is 3. The van der Waals surface area contributed by atoms with Crippen LogP contribution in [0.25, 0.3) is 0 Å². The van der Waals surface area contributed by atoms with Crippen LogP contribution in [0.5, 0.6) is 0 Å². The molecular weight excluding hydrogens is 383 g/mol. The highest BCUT2D eigenvalue weighted by atomic mass is 35.5. The Hall–Kier alpha value is -2.04. The van der Waals surface area contributed by atoms with E-state index in [0.29, 0.717) is 10.0 Å². The van der Waals surface area contributed by atoms with E-state index >= 15 is 0 Å². The first-order valence-electron chi connectivity index (χ1n) is 8.71. The minimum absolute atomic E-state index is 0.0161. The minimum Gasteiger partial charge on any atom is -0.319 e. The number of imide groups is 1. The summed E-state index contributed by atoms with van der Waals surface area (Å²) in [6.45, 7) is 8.26. The number of urea groups is 1. The Bertz CT molecular complexity index is 903. The highest BCUT2D eigenvalue weighted by Gasteiger charge is 2.48. The van der Waals surface area contributed by atoms with Gasteiger partial charge < -0.3 is 5.32 Å². The van der Waals surface area contributed by atoms with Crippen LogP contribution in [-0.4, -0.2) is 16.8 Å². The van der Waals surface area contributed by atoms with Crippen LogP contribution in [0.4, 0.5) is 4.79 Å². The van der Waals surface area contributed by atoms with Gasteiger partial charge in [0.15, 0.2) is 0 Å². The molecule has 1 aliphatic rings. The zero-order valence-electron chi connectivity index (χ0n) is 15.8. The Morgan fingerprint density at radius 3 is 2.19 bits per heavy atom. The van der Waals surface area contributed by atoms with Crippen LogP contribution in [0, 0.1) is 0 Å². The summed E-state index contributed by atoms with van der Waals surface area (Å²) in [5.74, 6) is -0.290. The molecule has 0 spiro atoms. The first-order chi connectivity index (χ1) is 12.5. The molecule has 0 saturated carbocycles. The number of carbonyl (C=O) groups excluding carboxylic acids is 2. The van der Waals surface area contributed by atoms with Gasteiger partial charge in [0.1, 0.15) is 5.54 Å². The van der Waals surface area contributed by atoms with Crippen LogP contribution in [0.1, 0.15) is 44.4 Å². The van der Waals surface area contributed by atoms with Gasteiger partial charge >= 0.3 is 6.03 Å². The Morgan fingerprint density at radius 2 is 1.63 bits per heavy atom. The molecule has 1 saturated heterocycles. The molecule has 3 amide bonds. The van der Waals surface area contributed by atoms with Gasteiger partial charge in [-0.05, 0) is 41.2 Å². The van der Waals surface area contributed by atoms with Crippen LogP contribution in [0.2, 0.25) is 10.0 Å². The van der Waals surface area contributed by atoms with Gasteiger partial charge in [0.05, 0.1) is 16.6 Å². The summed E-state index contributed by atoms with van der Waals surface area (Å²) in [5.41, 5.74) is 1.58. The van der Waals surface area contributed by atoms with Crippen molar-refractivity contribution in [2.24, 2.45) is 0 Å². The van der Waals surface area contributed by atoms with E-state index in [2.05, 4.69) is 26.1 Å². The predicted molar refractivity (Wildman–Crippen MR) is 108 cm³/mol. The summed E-state index contributed by atoms with van der Waals surface area (Å²) in [6, 6.07) is 12.5. The molecule has 1 N–H and O–H groups in total. The maximum Gasteiger partial charge on any atom is 0.325 e. The third kappa shape index (κ3) is 3.69. The fourth-order valence-corrected chi connectivity index (χ4v) is 3.48. The third-order valence-electron chi connectivity index (χ3n) is 4.93. The standard InChI is InChI=1S/C21H22Cl2N2O2/c1-20(2,3)14-6-8-15(9-7-14)21(4)18(26)25(19(27)24-21)12-13-5-10-16(22)17(23)11-13/h5-11H,12H2,1-4H3,(H,24,27). The Morgan fingerprint density at radius 1 is 1.00 bits per heavy atom. The summed E-state index contributed by atoms with van der Waals surface area (Å²) < 4.78 is 0. The minimum atomic E-state index is -1.09. The average Bonchev–Trinajstić information content (AvgIpc) is 2.82. The Labute approximate surface area is 169 Å². The fourth-order valence-electron chi connectivity index (χ4n) is 3.16. The molecule has 6 heteroatoms. The number of hydrogen-bond acceptors (Lipinski definition) is 2. The lowest BCUT2D eigenvalue weighted by Gasteiger charge is -2.24. The largest absolute Gasteiger partial charge is 0.325 e. The molecule has 142 valence electrons. The van der Waals surface area contributed by atoms with Gasteiger partial charge in [-0.1, -0.05) is 74.3 Å². The molecule has 3 rings (SSSR count).